The van der Waals surface area contributed by atoms with E-state index in [4.69, 9.17) is 9.84 Å². The topological polar surface area (TPSA) is 90.2 Å². The molecule has 2 unspecified atom stereocenters. The van der Waals surface area contributed by atoms with E-state index in [1.165, 1.54) is 0 Å². The summed E-state index contributed by atoms with van der Waals surface area (Å²) in [4.78, 5) is 0. The van der Waals surface area contributed by atoms with Crippen molar-refractivity contribution in [2.45, 2.75) is 51.3 Å². The van der Waals surface area contributed by atoms with Gasteiger partial charge in [0.25, 0.3) is 0 Å². The summed E-state index contributed by atoms with van der Waals surface area (Å²) in [5.74, 6) is 0. The van der Waals surface area contributed by atoms with E-state index < -0.39 is 30.5 Å². The van der Waals surface area contributed by atoms with Crippen LogP contribution in [0.3, 0.4) is 0 Å². The van der Waals surface area contributed by atoms with Crippen molar-refractivity contribution in [3.63, 3.8) is 0 Å². The molecule has 0 saturated carbocycles. The van der Waals surface area contributed by atoms with Crippen molar-refractivity contribution in [3.05, 3.63) is 0 Å². The molecule has 90 valence electrons. The summed E-state index contributed by atoms with van der Waals surface area (Å²) in [5, 5.41) is 37.8. The van der Waals surface area contributed by atoms with Gasteiger partial charge in [-0.05, 0) is 5.41 Å². The molecule has 1 aliphatic heterocycles. The molecule has 0 aliphatic carbocycles. The van der Waals surface area contributed by atoms with Crippen molar-refractivity contribution in [1.82, 2.24) is 0 Å². The van der Waals surface area contributed by atoms with E-state index in [1.54, 1.807) is 0 Å². The lowest BCUT2D eigenvalue weighted by Gasteiger charge is -2.45. The van der Waals surface area contributed by atoms with Crippen molar-refractivity contribution < 1.29 is 25.2 Å². The fourth-order valence-electron chi connectivity index (χ4n) is 1.82. The normalized spacial score (nSPS) is 43.0. The van der Waals surface area contributed by atoms with Gasteiger partial charge in [0.15, 0.2) is 0 Å². The predicted molar refractivity (Wildman–Crippen MR) is 53.2 cm³/mol. The largest absolute Gasteiger partial charge is 0.394 e. The molecule has 1 aliphatic rings. The Labute approximate surface area is 89.3 Å². The van der Waals surface area contributed by atoms with Crippen LogP contribution in [0.25, 0.3) is 0 Å². The van der Waals surface area contributed by atoms with Gasteiger partial charge in [0.2, 0.25) is 0 Å². The minimum Gasteiger partial charge on any atom is -0.394 e. The summed E-state index contributed by atoms with van der Waals surface area (Å²) in [6.45, 7) is 5.21. The maximum atomic E-state index is 9.74. The van der Waals surface area contributed by atoms with E-state index in [0.29, 0.717) is 0 Å². The van der Waals surface area contributed by atoms with Crippen LogP contribution in [0.15, 0.2) is 0 Å². The smallest absolute Gasteiger partial charge is 0.111 e. The molecule has 5 heteroatoms. The van der Waals surface area contributed by atoms with Gasteiger partial charge in [0, 0.05) is 0 Å². The second-order valence-electron chi connectivity index (χ2n) is 5.12. The molecule has 0 radical (unpaired) electrons. The summed E-state index contributed by atoms with van der Waals surface area (Å²) in [7, 11) is 0. The Kier molecular flexibility index (Phi) is 3.73. The Bertz CT molecular complexity index is 210. The molecule has 0 aromatic rings. The molecule has 5 nitrogen and oxygen atoms in total. The van der Waals surface area contributed by atoms with Crippen molar-refractivity contribution in [3.8, 4) is 0 Å². The van der Waals surface area contributed by atoms with Gasteiger partial charge in [-0.15, -0.1) is 0 Å². The summed E-state index contributed by atoms with van der Waals surface area (Å²) in [5.41, 5.74) is -0.367. The van der Waals surface area contributed by atoms with Crippen LogP contribution in [0.5, 0.6) is 0 Å². The molecular formula is C10H20O5. The van der Waals surface area contributed by atoms with Crippen molar-refractivity contribution in [2.24, 2.45) is 5.41 Å². The van der Waals surface area contributed by atoms with Gasteiger partial charge in [0.05, 0.1) is 12.7 Å². The number of rotatable bonds is 1. The molecule has 1 fully saturated rings. The zero-order valence-electron chi connectivity index (χ0n) is 9.29. The third-order valence-corrected chi connectivity index (χ3v) is 2.75. The van der Waals surface area contributed by atoms with Gasteiger partial charge in [-0.2, -0.15) is 0 Å². The molecule has 5 atom stereocenters. The minimum atomic E-state index is -1.28. The summed E-state index contributed by atoms with van der Waals surface area (Å²) >= 11 is 0. The third kappa shape index (κ3) is 2.49. The molecule has 0 aromatic carbocycles. The second kappa shape index (κ2) is 4.35. The van der Waals surface area contributed by atoms with Crippen LogP contribution in [-0.4, -0.2) is 57.6 Å². The molecule has 0 spiro atoms. The number of ether oxygens (including phenoxy) is 1. The Morgan fingerprint density at radius 2 is 1.53 bits per heavy atom. The average Bonchev–Trinajstić information content (AvgIpc) is 2.13. The minimum absolute atomic E-state index is 0.367. The summed E-state index contributed by atoms with van der Waals surface area (Å²) < 4.78 is 5.38. The first-order valence-electron chi connectivity index (χ1n) is 5.09. The Balaban J connectivity index is 2.83. The zero-order chi connectivity index (χ0) is 11.8. The van der Waals surface area contributed by atoms with E-state index in [0.717, 1.165) is 0 Å². The van der Waals surface area contributed by atoms with Crippen molar-refractivity contribution in [1.29, 1.82) is 0 Å². The first-order chi connectivity index (χ1) is 6.79. The number of aliphatic hydroxyl groups is 4. The van der Waals surface area contributed by atoms with Crippen LogP contribution in [0.2, 0.25) is 0 Å². The molecule has 1 saturated heterocycles. The van der Waals surface area contributed by atoms with Gasteiger partial charge >= 0.3 is 0 Å². The highest BCUT2D eigenvalue weighted by atomic mass is 16.5. The van der Waals surface area contributed by atoms with Crippen LogP contribution in [0.1, 0.15) is 20.8 Å². The quantitative estimate of drug-likeness (QED) is 0.449. The van der Waals surface area contributed by atoms with Gasteiger partial charge < -0.3 is 25.2 Å². The van der Waals surface area contributed by atoms with Gasteiger partial charge in [-0.1, -0.05) is 20.8 Å². The van der Waals surface area contributed by atoms with Crippen molar-refractivity contribution in [2.75, 3.05) is 6.61 Å². The highest BCUT2D eigenvalue weighted by Gasteiger charge is 2.47. The van der Waals surface area contributed by atoms with Crippen LogP contribution in [0.4, 0.5) is 0 Å². The molecule has 0 amide bonds. The van der Waals surface area contributed by atoms with E-state index in [9.17, 15) is 15.3 Å². The molecule has 0 bridgehead atoms. The number of hydrogen-bond donors (Lipinski definition) is 4. The average molecular weight is 220 g/mol. The fraction of sp³-hybridized carbons (Fsp3) is 1.00. The zero-order valence-corrected chi connectivity index (χ0v) is 9.29. The highest BCUT2D eigenvalue weighted by molar-refractivity contribution is 4.96. The van der Waals surface area contributed by atoms with E-state index in [1.807, 2.05) is 20.8 Å². The highest BCUT2D eigenvalue weighted by Crippen LogP contribution is 2.32. The monoisotopic (exact) mass is 220 g/mol. The molecule has 1 heterocycles. The molecule has 15 heavy (non-hydrogen) atoms. The lowest BCUT2D eigenvalue weighted by Crippen LogP contribution is -2.61. The lowest BCUT2D eigenvalue weighted by atomic mass is 9.80. The van der Waals surface area contributed by atoms with Crippen LogP contribution >= 0.6 is 0 Å². The standard InChI is InChI=1S/C10H20O5/c1-10(2,3)9-8(14)7(13)6(12)5(4-11)15-9/h5-9,11-14H,4H2,1-3H3/t5?,6-,7-,8?,9-/m0/s1. The fourth-order valence-corrected chi connectivity index (χ4v) is 1.82. The molecule has 1 rings (SSSR count). The molecular weight excluding hydrogens is 200 g/mol. The third-order valence-electron chi connectivity index (χ3n) is 2.75. The molecule has 4 N–H and O–H groups in total. The van der Waals surface area contributed by atoms with E-state index in [2.05, 4.69) is 0 Å². The predicted octanol–water partition coefficient (Wildman–Crippen LogP) is -1.13. The Hall–Kier alpha value is -0.200. The number of aliphatic hydroxyl groups excluding tert-OH is 4. The maximum Gasteiger partial charge on any atom is 0.111 e. The summed E-state index contributed by atoms with van der Waals surface area (Å²) in [6.07, 6.45) is -5.10. The van der Waals surface area contributed by atoms with Gasteiger partial charge in [0.1, 0.15) is 24.4 Å². The molecule has 0 aromatic heterocycles. The van der Waals surface area contributed by atoms with Crippen LogP contribution in [-0.2, 0) is 4.74 Å². The van der Waals surface area contributed by atoms with Crippen LogP contribution < -0.4 is 0 Å². The Morgan fingerprint density at radius 3 is 1.93 bits per heavy atom. The van der Waals surface area contributed by atoms with E-state index in [-0.39, 0.29) is 12.0 Å². The first-order valence-corrected chi connectivity index (χ1v) is 5.09. The first kappa shape index (κ1) is 12.9. The Morgan fingerprint density at radius 1 is 1.00 bits per heavy atom. The lowest BCUT2D eigenvalue weighted by molar-refractivity contribution is -0.250. The van der Waals surface area contributed by atoms with Gasteiger partial charge in [-0.25, -0.2) is 0 Å². The van der Waals surface area contributed by atoms with Crippen molar-refractivity contribution >= 4 is 0 Å². The second-order valence-corrected chi connectivity index (χ2v) is 5.12. The SMILES string of the molecule is CC(C)(C)[C@H]1OC(CO)[C@H](O)[C@H](O)C1O. The van der Waals surface area contributed by atoms with Gasteiger partial charge in [-0.3, -0.25) is 0 Å². The number of hydrogen-bond acceptors (Lipinski definition) is 5. The maximum absolute atomic E-state index is 9.74. The van der Waals surface area contributed by atoms with Crippen LogP contribution in [0, 0.1) is 5.41 Å². The van der Waals surface area contributed by atoms with E-state index >= 15 is 0 Å². The summed E-state index contributed by atoms with van der Waals surface area (Å²) in [6, 6.07) is 0.